The van der Waals surface area contributed by atoms with Crippen molar-refractivity contribution in [3.05, 3.63) is 12.3 Å². The van der Waals surface area contributed by atoms with Crippen LogP contribution in [-0.4, -0.2) is 26.6 Å². The van der Waals surface area contributed by atoms with Crippen LogP contribution in [0.2, 0.25) is 0 Å². The molecule has 6 heteroatoms. The van der Waals surface area contributed by atoms with Gasteiger partial charge in [0.1, 0.15) is 0 Å². The molecule has 0 aliphatic carbocycles. The molecule has 0 fully saturated rings. The molecule has 0 amide bonds. The molecular formula is C5H8N6. The van der Waals surface area contributed by atoms with Crippen molar-refractivity contribution in [1.29, 1.82) is 0 Å². The van der Waals surface area contributed by atoms with E-state index in [2.05, 4.69) is 15.6 Å². The number of nitrogens with one attached hydrogen (secondary N) is 1. The van der Waals surface area contributed by atoms with Crippen LogP contribution in [0.3, 0.4) is 0 Å². The minimum atomic E-state index is 0.374. The van der Waals surface area contributed by atoms with Gasteiger partial charge in [-0.3, -0.25) is 0 Å². The van der Waals surface area contributed by atoms with Gasteiger partial charge in [-0.15, -0.1) is 10.2 Å². The Balaban J connectivity index is 2.80. The zero-order valence-electron chi connectivity index (χ0n) is 6.02. The second kappa shape index (κ2) is 1.88. The number of hydrogen-bond donors (Lipinski definition) is 2. The van der Waals surface area contributed by atoms with Gasteiger partial charge in [0.2, 0.25) is 5.95 Å². The van der Waals surface area contributed by atoms with E-state index in [0.717, 1.165) is 5.65 Å². The van der Waals surface area contributed by atoms with Crippen LogP contribution >= 0.6 is 0 Å². The fraction of sp³-hybridized carbons (Fsp3) is 0.200. The summed E-state index contributed by atoms with van der Waals surface area (Å²) in [6.07, 6.45) is 1.82. The van der Waals surface area contributed by atoms with E-state index in [-0.39, 0.29) is 0 Å². The van der Waals surface area contributed by atoms with Crippen LogP contribution in [0.15, 0.2) is 12.3 Å². The second-order valence-corrected chi connectivity index (χ2v) is 2.11. The lowest BCUT2D eigenvalue weighted by Gasteiger charge is -2.01. The summed E-state index contributed by atoms with van der Waals surface area (Å²) in [7, 11) is 1.79. The van der Waals surface area contributed by atoms with Crippen molar-refractivity contribution in [2.45, 2.75) is 0 Å². The maximum atomic E-state index is 5.53. The highest BCUT2D eigenvalue weighted by atomic mass is 15.6. The van der Waals surface area contributed by atoms with Crippen LogP contribution in [-0.2, 0) is 0 Å². The van der Waals surface area contributed by atoms with Crippen LogP contribution in [0.1, 0.15) is 0 Å². The summed E-state index contributed by atoms with van der Waals surface area (Å²) in [6, 6.07) is 1.82. The largest absolute Gasteiger partial charge is 0.366 e. The Morgan fingerprint density at radius 3 is 3.09 bits per heavy atom. The van der Waals surface area contributed by atoms with Gasteiger partial charge in [-0.2, -0.15) is 9.31 Å². The summed E-state index contributed by atoms with van der Waals surface area (Å²) in [6.45, 7) is 0. The number of fused-ring (bicyclic) bond motifs is 1. The van der Waals surface area contributed by atoms with Crippen LogP contribution in [0.25, 0.3) is 5.65 Å². The predicted molar refractivity (Wildman–Crippen MR) is 40.7 cm³/mol. The van der Waals surface area contributed by atoms with Gasteiger partial charge in [0.25, 0.3) is 0 Å². The molecule has 11 heavy (non-hydrogen) atoms. The van der Waals surface area contributed by atoms with E-state index >= 15 is 0 Å². The molecule has 6 nitrogen and oxygen atoms in total. The van der Waals surface area contributed by atoms with Gasteiger partial charge in [0, 0.05) is 19.3 Å². The number of anilines is 1. The van der Waals surface area contributed by atoms with Crippen molar-refractivity contribution in [1.82, 2.24) is 19.5 Å². The van der Waals surface area contributed by atoms with E-state index in [0.29, 0.717) is 5.95 Å². The Hall–Kier alpha value is -1.72. The summed E-state index contributed by atoms with van der Waals surface area (Å²) in [4.78, 5) is 1.70. The van der Waals surface area contributed by atoms with Gasteiger partial charge in [0.15, 0.2) is 5.65 Å². The van der Waals surface area contributed by atoms with Gasteiger partial charge < -0.3 is 11.2 Å². The van der Waals surface area contributed by atoms with Crippen molar-refractivity contribution < 1.29 is 0 Å². The summed E-state index contributed by atoms with van der Waals surface area (Å²) in [5.74, 6) is 0.374. The molecule has 2 rings (SSSR count). The minimum Gasteiger partial charge on any atom is -0.366 e. The first kappa shape index (κ1) is 6.02. The Morgan fingerprint density at radius 1 is 1.55 bits per heavy atom. The monoisotopic (exact) mass is 152 g/mol. The van der Waals surface area contributed by atoms with Crippen LogP contribution < -0.4 is 11.2 Å². The highest BCUT2D eigenvalue weighted by molar-refractivity contribution is 5.41. The Morgan fingerprint density at radius 2 is 2.36 bits per heavy atom. The first-order valence-electron chi connectivity index (χ1n) is 3.19. The highest BCUT2D eigenvalue weighted by Crippen LogP contribution is 2.03. The molecule has 0 bridgehead atoms. The lowest BCUT2D eigenvalue weighted by Crippen LogP contribution is -2.15. The summed E-state index contributed by atoms with van der Waals surface area (Å²) in [5.41, 5.74) is 9.16. The van der Waals surface area contributed by atoms with Gasteiger partial charge in [-0.05, 0) is 0 Å². The van der Waals surface area contributed by atoms with E-state index in [4.69, 9.17) is 5.73 Å². The highest BCUT2D eigenvalue weighted by Gasteiger charge is 2.03. The van der Waals surface area contributed by atoms with Gasteiger partial charge >= 0.3 is 0 Å². The van der Waals surface area contributed by atoms with Crippen molar-refractivity contribution in [2.24, 2.45) is 0 Å². The lowest BCUT2D eigenvalue weighted by atomic mass is 10.7. The quantitative estimate of drug-likeness (QED) is 0.566. The fourth-order valence-corrected chi connectivity index (χ4v) is 1.01. The van der Waals surface area contributed by atoms with E-state index in [1.807, 2.05) is 12.3 Å². The first-order chi connectivity index (χ1) is 5.33. The summed E-state index contributed by atoms with van der Waals surface area (Å²) in [5, 5.41) is 7.51. The zero-order chi connectivity index (χ0) is 7.84. The topological polar surface area (TPSA) is 73.2 Å². The lowest BCUT2D eigenvalue weighted by molar-refractivity contribution is 0.726. The Kier molecular flexibility index (Phi) is 1.03. The molecule has 0 saturated carbocycles. The van der Waals surface area contributed by atoms with E-state index in [1.165, 1.54) is 0 Å². The number of nitrogens with two attached hydrogens (primary N) is 1. The summed E-state index contributed by atoms with van der Waals surface area (Å²) < 4.78 is 1.67. The molecule has 2 aromatic rings. The molecule has 0 aliphatic rings. The smallest absolute Gasteiger partial charge is 0.243 e. The molecule has 58 valence electrons. The van der Waals surface area contributed by atoms with Gasteiger partial charge in [-0.1, -0.05) is 0 Å². The third-order valence-electron chi connectivity index (χ3n) is 1.50. The van der Waals surface area contributed by atoms with Crippen molar-refractivity contribution in [2.75, 3.05) is 18.2 Å². The number of aromatic nitrogens is 4. The van der Waals surface area contributed by atoms with Gasteiger partial charge in [0.05, 0.1) is 0 Å². The number of nitrogens with zero attached hydrogens (tertiary/aromatic N) is 4. The summed E-state index contributed by atoms with van der Waals surface area (Å²) >= 11 is 0. The molecule has 0 spiro atoms. The van der Waals surface area contributed by atoms with E-state index < -0.39 is 0 Å². The number of hydrogen-bond acceptors (Lipinski definition) is 4. The third-order valence-corrected chi connectivity index (χ3v) is 1.50. The standard InChI is InChI=1S/C5H8N6/c1-7-10-3-2-4-8-9-5(6)11(4)10/h2-3,7H,1H3,(H2,6,9). The molecule has 3 N–H and O–H groups in total. The molecule has 0 unspecified atom stereocenters. The Labute approximate surface area is 62.6 Å². The van der Waals surface area contributed by atoms with Crippen molar-refractivity contribution in [3.8, 4) is 0 Å². The average molecular weight is 152 g/mol. The molecule has 2 heterocycles. The molecule has 0 radical (unpaired) electrons. The predicted octanol–water partition coefficient (Wildman–Crippen LogP) is -0.714. The normalized spacial score (nSPS) is 10.6. The number of nitrogen functional groups attached to an aromatic ring is 1. The molecule has 0 aromatic carbocycles. The van der Waals surface area contributed by atoms with Crippen LogP contribution in [0.5, 0.6) is 0 Å². The maximum Gasteiger partial charge on any atom is 0.243 e. The van der Waals surface area contributed by atoms with Crippen molar-refractivity contribution in [3.63, 3.8) is 0 Å². The average Bonchev–Trinajstić information content (AvgIpc) is 2.54. The molecule has 0 atom stereocenters. The molecule has 2 aromatic heterocycles. The first-order valence-corrected chi connectivity index (χ1v) is 3.19. The molecule has 0 aliphatic heterocycles. The minimum absolute atomic E-state index is 0.374. The molecular weight excluding hydrogens is 144 g/mol. The Bertz CT molecular complexity index is 371. The fourth-order valence-electron chi connectivity index (χ4n) is 1.01. The second-order valence-electron chi connectivity index (χ2n) is 2.11. The van der Waals surface area contributed by atoms with Crippen molar-refractivity contribution >= 4 is 11.6 Å². The van der Waals surface area contributed by atoms with Crippen LogP contribution in [0, 0.1) is 0 Å². The van der Waals surface area contributed by atoms with Gasteiger partial charge in [-0.25, -0.2) is 0 Å². The van der Waals surface area contributed by atoms with E-state index in [1.54, 1.807) is 16.4 Å². The maximum absolute atomic E-state index is 5.53. The zero-order valence-corrected chi connectivity index (χ0v) is 6.02. The third kappa shape index (κ3) is 0.658. The van der Waals surface area contributed by atoms with E-state index in [9.17, 15) is 0 Å². The molecule has 0 saturated heterocycles. The SMILES string of the molecule is CNn1ccc2nnc(N)n21. The van der Waals surface area contributed by atoms with Crippen LogP contribution in [0.4, 0.5) is 5.95 Å². The number of rotatable bonds is 1.